The molecule has 5 nitrogen and oxygen atoms in total. The summed E-state index contributed by atoms with van der Waals surface area (Å²) in [4.78, 5) is 24.7. The maximum atomic E-state index is 12.5. The molecule has 0 saturated heterocycles. The molecule has 0 radical (unpaired) electrons. The van der Waals surface area contributed by atoms with Crippen molar-refractivity contribution in [1.82, 2.24) is 5.43 Å². The molecule has 1 amide bonds. The molecule has 6 heteroatoms. The van der Waals surface area contributed by atoms with Gasteiger partial charge in [-0.15, -0.1) is 0 Å². The van der Waals surface area contributed by atoms with Crippen LogP contribution in [-0.4, -0.2) is 18.1 Å². The Kier molecular flexibility index (Phi) is 6.57. The number of nitrogens with zero attached hydrogens (tertiary/aromatic N) is 1. The number of hydrogen-bond acceptors (Lipinski definition) is 4. The molecule has 3 aromatic rings. The Morgan fingerprint density at radius 3 is 2.28 bits per heavy atom. The smallest absolute Gasteiger partial charge is 0.343 e. The van der Waals surface area contributed by atoms with E-state index in [2.05, 4.69) is 26.5 Å². The van der Waals surface area contributed by atoms with Gasteiger partial charge in [0.2, 0.25) is 0 Å². The van der Waals surface area contributed by atoms with Gasteiger partial charge < -0.3 is 4.74 Å². The van der Waals surface area contributed by atoms with Crippen molar-refractivity contribution in [3.05, 3.63) is 99.0 Å². The fraction of sp³-hybridized carbons (Fsp3) is 0.0870. The van der Waals surface area contributed by atoms with E-state index >= 15 is 0 Å². The van der Waals surface area contributed by atoms with Crippen LogP contribution in [0.1, 0.15) is 37.4 Å². The molecule has 0 spiro atoms. The maximum Gasteiger partial charge on any atom is 0.343 e. The molecule has 0 saturated carbocycles. The number of ether oxygens (including phenoxy) is 1. The summed E-state index contributed by atoms with van der Waals surface area (Å²) >= 11 is 3.39. The Balaban J connectivity index is 1.75. The van der Waals surface area contributed by atoms with Crippen LogP contribution in [0.3, 0.4) is 0 Å². The number of benzene rings is 3. The third kappa shape index (κ3) is 5.62. The summed E-state index contributed by atoms with van der Waals surface area (Å²) < 4.78 is 6.33. The molecule has 1 N–H and O–H groups in total. The number of esters is 1. The zero-order chi connectivity index (χ0) is 20.8. The number of carbonyl (C=O) groups is 2. The fourth-order valence-corrected chi connectivity index (χ4v) is 3.03. The summed E-state index contributed by atoms with van der Waals surface area (Å²) in [6.45, 7) is 3.82. The summed E-state index contributed by atoms with van der Waals surface area (Å²) in [6.07, 6.45) is 1.44. The summed E-state index contributed by atoms with van der Waals surface area (Å²) in [6, 6.07) is 19.6. The number of amides is 1. The Morgan fingerprint density at radius 1 is 0.931 bits per heavy atom. The van der Waals surface area contributed by atoms with Gasteiger partial charge in [0.25, 0.3) is 5.91 Å². The Morgan fingerprint density at radius 2 is 1.59 bits per heavy atom. The third-order valence-corrected chi connectivity index (χ3v) is 4.57. The minimum absolute atomic E-state index is 0.321. The number of hydrazone groups is 1. The lowest BCUT2D eigenvalue weighted by molar-refractivity contribution is 0.0734. The largest absolute Gasteiger partial charge is 0.422 e. The van der Waals surface area contributed by atoms with E-state index in [1.54, 1.807) is 48.5 Å². The first-order valence-corrected chi connectivity index (χ1v) is 9.70. The van der Waals surface area contributed by atoms with E-state index in [0.717, 1.165) is 15.6 Å². The van der Waals surface area contributed by atoms with Gasteiger partial charge in [0.1, 0.15) is 5.75 Å². The van der Waals surface area contributed by atoms with E-state index in [-0.39, 0.29) is 5.91 Å². The first-order valence-electron chi connectivity index (χ1n) is 8.91. The van der Waals surface area contributed by atoms with Crippen LogP contribution < -0.4 is 10.2 Å². The minimum Gasteiger partial charge on any atom is -0.422 e. The van der Waals surface area contributed by atoms with Crippen molar-refractivity contribution in [3.63, 3.8) is 0 Å². The van der Waals surface area contributed by atoms with Crippen molar-refractivity contribution in [2.45, 2.75) is 13.8 Å². The van der Waals surface area contributed by atoms with E-state index in [0.29, 0.717) is 22.4 Å². The summed E-state index contributed by atoms with van der Waals surface area (Å²) in [5, 5.41) is 4.01. The lowest BCUT2D eigenvalue weighted by Crippen LogP contribution is -2.17. The van der Waals surface area contributed by atoms with Gasteiger partial charge in [-0.25, -0.2) is 10.2 Å². The summed E-state index contributed by atoms with van der Waals surface area (Å²) in [5.41, 5.74) is 5.97. The summed E-state index contributed by atoms with van der Waals surface area (Å²) in [7, 11) is 0. The monoisotopic (exact) mass is 450 g/mol. The quantitative estimate of drug-likeness (QED) is 0.256. The fourth-order valence-electron chi connectivity index (χ4n) is 2.66. The van der Waals surface area contributed by atoms with Crippen molar-refractivity contribution in [3.8, 4) is 5.75 Å². The lowest BCUT2D eigenvalue weighted by Gasteiger charge is -2.08. The molecule has 0 atom stereocenters. The second-order valence-corrected chi connectivity index (χ2v) is 7.43. The van der Waals surface area contributed by atoms with Gasteiger partial charge in [0.05, 0.1) is 11.8 Å². The minimum atomic E-state index is -0.463. The molecule has 0 bridgehead atoms. The number of rotatable bonds is 5. The standard InChI is InChI=1S/C23H19BrN2O3/c1-15-5-3-7-17(11-15)22(27)26-25-14-19-13-20(24)9-10-21(19)29-23(28)18-8-4-6-16(2)12-18/h3-14H,1-2H3,(H,26,27)/b25-14+. The zero-order valence-electron chi connectivity index (χ0n) is 16.0. The number of nitrogens with one attached hydrogen (secondary N) is 1. The van der Waals surface area contributed by atoms with Crippen LogP contribution in [0.2, 0.25) is 0 Å². The number of hydrogen-bond donors (Lipinski definition) is 1. The summed E-state index contributed by atoms with van der Waals surface area (Å²) in [5.74, 6) is -0.444. The van der Waals surface area contributed by atoms with Crippen molar-refractivity contribution >= 4 is 34.0 Å². The highest BCUT2D eigenvalue weighted by atomic mass is 79.9. The highest BCUT2D eigenvalue weighted by Crippen LogP contribution is 2.23. The van der Waals surface area contributed by atoms with Crippen molar-refractivity contribution in [2.75, 3.05) is 0 Å². The van der Waals surface area contributed by atoms with Crippen molar-refractivity contribution in [2.24, 2.45) is 5.10 Å². The van der Waals surface area contributed by atoms with Crippen LogP contribution in [0, 0.1) is 13.8 Å². The van der Waals surface area contributed by atoms with Gasteiger partial charge in [0, 0.05) is 15.6 Å². The van der Waals surface area contributed by atoms with E-state index in [1.165, 1.54) is 6.21 Å². The molecular weight excluding hydrogens is 432 g/mol. The molecule has 0 aliphatic rings. The predicted octanol–water partition coefficient (Wildman–Crippen LogP) is 5.05. The average molecular weight is 451 g/mol. The van der Waals surface area contributed by atoms with E-state index < -0.39 is 5.97 Å². The van der Waals surface area contributed by atoms with Crippen LogP contribution in [0.4, 0.5) is 0 Å². The van der Waals surface area contributed by atoms with Crippen molar-refractivity contribution in [1.29, 1.82) is 0 Å². The first kappa shape index (κ1) is 20.5. The first-order chi connectivity index (χ1) is 13.9. The Bertz CT molecular complexity index is 1090. The topological polar surface area (TPSA) is 67.8 Å². The second-order valence-electron chi connectivity index (χ2n) is 6.51. The Hall–Kier alpha value is -3.25. The molecule has 3 aromatic carbocycles. The van der Waals surface area contributed by atoms with E-state index in [1.807, 2.05) is 32.0 Å². The average Bonchev–Trinajstić information content (AvgIpc) is 2.69. The normalized spacial score (nSPS) is 10.7. The lowest BCUT2D eigenvalue weighted by atomic mass is 10.1. The maximum absolute atomic E-state index is 12.5. The van der Waals surface area contributed by atoms with Gasteiger partial charge in [-0.3, -0.25) is 4.79 Å². The molecule has 0 aliphatic carbocycles. The number of aryl methyl sites for hydroxylation is 2. The van der Waals surface area contributed by atoms with E-state index in [9.17, 15) is 9.59 Å². The van der Waals surface area contributed by atoms with Crippen LogP contribution in [-0.2, 0) is 0 Å². The van der Waals surface area contributed by atoms with Gasteiger partial charge in [-0.2, -0.15) is 5.10 Å². The molecule has 0 fully saturated rings. The molecule has 146 valence electrons. The van der Waals surface area contributed by atoms with Crippen molar-refractivity contribution < 1.29 is 14.3 Å². The van der Waals surface area contributed by atoms with Crippen LogP contribution >= 0.6 is 15.9 Å². The molecule has 3 rings (SSSR count). The van der Waals surface area contributed by atoms with Crippen LogP contribution in [0.25, 0.3) is 0 Å². The van der Waals surface area contributed by atoms with Crippen LogP contribution in [0.15, 0.2) is 76.3 Å². The highest BCUT2D eigenvalue weighted by molar-refractivity contribution is 9.10. The van der Waals surface area contributed by atoms with Gasteiger partial charge >= 0.3 is 5.97 Å². The van der Waals surface area contributed by atoms with Gasteiger partial charge in [-0.1, -0.05) is 51.3 Å². The SMILES string of the molecule is Cc1cccc(C(=O)N/N=C/c2cc(Br)ccc2OC(=O)c2cccc(C)c2)c1. The molecule has 0 unspecified atom stereocenters. The zero-order valence-corrected chi connectivity index (χ0v) is 17.6. The Labute approximate surface area is 177 Å². The molecule has 0 aliphatic heterocycles. The van der Waals surface area contributed by atoms with E-state index in [4.69, 9.17) is 4.74 Å². The highest BCUT2D eigenvalue weighted by Gasteiger charge is 2.12. The van der Waals surface area contributed by atoms with Gasteiger partial charge in [-0.05, 0) is 56.3 Å². The molecule has 0 aromatic heterocycles. The predicted molar refractivity (Wildman–Crippen MR) is 117 cm³/mol. The van der Waals surface area contributed by atoms with Gasteiger partial charge in [0.15, 0.2) is 0 Å². The van der Waals surface area contributed by atoms with Crippen LogP contribution in [0.5, 0.6) is 5.75 Å². The molecule has 0 heterocycles. The molecular formula is C23H19BrN2O3. The third-order valence-electron chi connectivity index (χ3n) is 4.08. The number of halogens is 1. The molecule has 29 heavy (non-hydrogen) atoms. The second kappa shape index (κ2) is 9.30. The number of carbonyl (C=O) groups excluding carboxylic acids is 2.